The number of nitrogens with one attached hydrogen (secondary N) is 1. The molecule has 2 amide bonds. The molecule has 2 aromatic heterocycles. The number of carbonyl (C=O) groups is 2. The van der Waals surface area contributed by atoms with Crippen molar-refractivity contribution in [2.24, 2.45) is 11.8 Å². The molecular weight excluding hydrogens is 452 g/mol. The van der Waals surface area contributed by atoms with Crippen molar-refractivity contribution in [3.05, 3.63) is 46.6 Å². The maximum Gasteiger partial charge on any atom is 0.259 e. The average Bonchev–Trinajstić information content (AvgIpc) is 3.57. The third kappa shape index (κ3) is 3.92. The molecule has 3 heterocycles. The first-order chi connectivity index (χ1) is 17.3. The van der Waals surface area contributed by atoms with Crippen LogP contribution in [0.15, 0.2) is 24.4 Å². The van der Waals surface area contributed by atoms with E-state index in [0.29, 0.717) is 29.6 Å². The van der Waals surface area contributed by atoms with Crippen LogP contribution in [0.25, 0.3) is 16.9 Å². The van der Waals surface area contributed by atoms with Gasteiger partial charge in [-0.3, -0.25) is 9.59 Å². The summed E-state index contributed by atoms with van der Waals surface area (Å²) in [6.45, 7) is 7.05. The number of carbonyl (C=O) groups excluding carboxylic acids is 2. The van der Waals surface area contributed by atoms with Gasteiger partial charge in [0.2, 0.25) is 0 Å². The molecule has 36 heavy (non-hydrogen) atoms. The standard InChI is InChI=1S/C28H34N6O2/c1-15-4-8-21(9-5-15)30-27(35)24-25(29)32-34-11-10-22(31-26(24)34)19-12-16(2)23-20(13-19)14-33(28(23)36)17(3)18-6-7-18/h10-13,15,17-18,21H,4-9,14H2,1-3H3,(H2,29,32)(H,30,35). The lowest BCUT2D eigenvalue weighted by Crippen LogP contribution is -2.37. The summed E-state index contributed by atoms with van der Waals surface area (Å²) < 4.78 is 1.57. The number of rotatable bonds is 5. The zero-order valence-corrected chi connectivity index (χ0v) is 21.3. The van der Waals surface area contributed by atoms with Crippen LogP contribution in [0.5, 0.6) is 0 Å². The molecule has 0 saturated heterocycles. The van der Waals surface area contributed by atoms with Gasteiger partial charge in [0, 0.05) is 36.0 Å². The number of benzene rings is 1. The Morgan fingerprint density at radius 1 is 1.17 bits per heavy atom. The predicted molar refractivity (Wildman–Crippen MR) is 139 cm³/mol. The summed E-state index contributed by atoms with van der Waals surface area (Å²) in [7, 11) is 0. The van der Waals surface area contributed by atoms with Gasteiger partial charge in [0.25, 0.3) is 11.8 Å². The largest absolute Gasteiger partial charge is 0.381 e. The molecule has 0 spiro atoms. The van der Waals surface area contributed by atoms with Crippen molar-refractivity contribution in [3.8, 4) is 11.3 Å². The minimum absolute atomic E-state index is 0.136. The molecule has 0 bridgehead atoms. The third-order valence-electron chi connectivity index (χ3n) is 8.41. The fourth-order valence-electron chi connectivity index (χ4n) is 5.99. The van der Waals surface area contributed by atoms with Crippen molar-refractivity contribution in [2.45, 2.75) is 77.9 Å². The van der Waals surface area contributed by atoms with Crippen molar-refractivity contribution in [2.75, 3.05) is 5.73 Å². The van der Waals surface area contributed by atoms with Gasteiger partial charge in [0.1, 0.15) is 5.56 Å². The number of nitrogen functional groups attached to an aromatic ring is 1. The molecule has 1 aliphatic heterocycles. The number of aryl methyl sites for hydroxylation is 1. The average molecular weight is 487 g/mol. The normalized spacial score (nSPS) is 22.6. The maximum atomic E-state index is 13.2. The Hall–Kier alpha value is -3.42. The summed E-state index contributed by atoms with van der Waals surface area (Å²) in [5.41, 5.74) is 11.4. The van der Waals surface area contributed by atoms with Crippen molar-refractivity contribution >= 4 is 23.3 Å². The van der Waals surface area contributed by atoms with Crippen LogP contribution >= 0.6 is 0 Å². The number of fused-ring (bicyclic) bond motifs is 2. The van der Waals surface area contributed by atoms with Gasteiger partial charge in [0.15, 0.2) is 11.5 Å². The van der Waals surface area contributed by atoms with Gasteiger partial charge in [-0.05, 0) is 93.5 Å². The van der Waals surface area contributed by atoms with Crippen molar-refractivity contribution < 1.29 is 9.59 Å². The number of anilines is 1. The van der Waals surface area contributed by atoms with Crippen LogP contribution in [0.3, 0.4) is 0 Å². The van der Waals surface area contributed by atoms with Gasteiger partial charge < -0.3 is 16.0 Å². The molecule has 3 aliphatic rings. The van der Waals surface area contributed by atoms with Crippen molar-refractivity contribution in [1.29, 1.82) is 0 Å². The number of amides is 2. The Kier molecular flexibility index (Phi) is 5.50. The van der Waals surface area contributed by atoms with Gasteiger partial charge in [-0.1, -0.05) is 6.92 Å². The minimum atomic E-state index is -0.216. The van der Waals surface area contributed by atoms with Crippen LogP contribution in [0, 0.1) is 18.8 Å². The zero-order chi connectivity index (χ0) is 25.1. The summed E-state index contributed by atoms with van der Waals surface area (Å²) >= 11 is 0. The second-order valence-electron chi connectivity index (χ2n) is 11.1. The van der Waals surface area contributed by atoms with Gasteiger partial charge in [0.05, 0.1) is 5.69 Å². The van der Waals surface area contributed by atoms with E-state index in [2.05, 4.69) is 30.3 Å². The predicted octanol–water partition coefficient (Wildman–Crippen LogP) is 4.35. The summed E-state index contributed by atoms with van der Waals surface area (Å²) in [5.74, 6) is 1.44. The molecule has 1 atom stereocenters. The van der Waals surface area contributed by atoms with E-state index < -0.39 is 0 Å². The highest BCUT2D eigenvalue weighted by Gasteiger charge is 2.39. The SMILES string of the molecule is Cc1cc(-c2ccn3nc(N)c(C(=O)NC4CCC(C)CC4)c3n2)cc2c1C(=O)N(C(C)C1CC1)C2. The van der Waals surface area contributed by atoms with Crippen LogP contribution < -0.4 is 11.1 Å². The Morgan fingerprint density at radius 2 is 1.92 bits per heavy atom. The first-order valence-electron chi connectivity index (χ1n) is 13.2. The molecule has 2 aliphatic carbocycles. The molecule has 3 N–H and O–H groups in total. The summed E-state index contributed by atoms with van der Waals surface area (Å²) in [6.07, 6.45) is 8.41. The molecule has 3 aromatic rings. The lowest BCUT2D eigenvalue weighted by Gasteiger charge is -2.26. The topological polar surface area (TPSA) is 106 Å². The Labute approximate surface area is 211 Å². The Balaban J connectivity index is 1.31. The molecule has 8 heteroatoms. The molecule has 8 nitrogen and oxygen atoms in total. The van der Waals surface area contributed by atoms with E-state index in [1.807, 2.05) is 24.0 Å². The van der Waals surface area contributed by atoms with E-state index in [4.69, 9.17) is 10.7 Å². The molecule has 6 rings (SSSR count). The fourth-order valence-corrected chi connectivity index (χ4v) is 5.99. The Morgan fingerprint density at radius 3 is 2.64 bits per heavy atom. The van der Waals surface area contributed by atoms with E-state index in [1.54, 1.807) is 10.7 Å². The molecule has 1 unspecified atom stereocenters. The number of hydrogen-bond donors (Lipinski definition) is 2. The van der Waals surface area contributed by atoms with Crippen LogP contribution in [-0.4, -0.2) is 43.4 Å². The maximum absolute atomic E-state index is 13.2. The molecule has 2 fully saturated rings. The van der Waals surface area contributed by atoms with Crippen molar-refractivity contribution in [1.82, 2.24) is 24.8 Å². The summed E-state index contributed by atoms with van der Waals surface area (Å²) in [5, 5.41) is 7.49. The van der Waals surface area contributed by atoms with E-state index in [1.165, 1.54) is 12.8 Å². The van der Waals surface area contributed by atoms with E-state index in [-0.39, 0.29) is 29.7 Å². The Bertz CT molecular complexity index is 1370. The zero-order valence-electron chi connectivity index (χ0n) is 21.3. The number of nitrogens with zero attached hydrogens (tertiary/aromatic N) is 4. The van der Waals surface area contributed by atoms with Crippen molar-refractivity contribution in [3.63, 3.8) is 0 Å². The quantitative estimate of drug-likeness (QED) is 0.558. The fraction of sp³-hybridized carbons (Fsp3) is 0.500. The van der Waals surface area contributed by atoms with Gasteiger partial charge in [-0.2, -0.15) is 0 Å². The van der Waals surface area contributed by atoms with Gasteiger partial charge in [-0.15, -0.1) is 5.10 Å². The van der Waals surface area contributed by atoms with E-state index >= 15 is 0 Å². The second-order valence-corrected chi connectivity index (χ2v) is 11.1. The molecule has 0 radical (unpaired) electrons. The summed E-state index contributed by atoms with van der Waals surface area (Å²) in [4.78, 5) is 33.2. The van der Waals surface area contributed by atoms with Gasteiger partial charge in [-0.25, -0.2) is 9.50 Å². The number of hydrogen-bond acceptors (Lipinski definition) is 5. The molecule has 188 valence electrons. The lowest BCUT2D eigenvalue weighted by atomic mass is 9.87. The molecule has 2 saturated carbocycles. The highest BCUT2D eigenvalue weighted by atomic mass is 16.2. The highest BCUT2D eigenvalue weighted by Crippen LogP contribution is 2.39. The second kappa shape index (κ2) is 8.61. The van der Waals surface area contributed by atoms with Crippen LogP contribution in [0.4, 0.5) is 5.82 Å². The van der Waals surface area contributed by atoms with Crippen LogP contribution in [-0.2, 0) is 6.54 Å². The first-order valence-corrected chi connectivity index (χ1v) is 13.2. The van der Waals surface area contributed by atoms with Crippen LogP contribution in [0.2, 0.25) is 0 Å². The number of nitrogens with two attached hydrogens (primary N) is 1. The smallest absolute Gasteiger partial charge is 0.259 e. The first kappa shape index (κ1) is 23.0. The minimum Gasteiger partial charge on any atom is -0.381 e. The number of aromatic nitrogens is 3. The monoisotopic (exact) mass is 486 g/mol. The van der Waals surface area contributed by atoms with E-state index in [9.17, 15) is 9.59 Å². The van der Waals surface area contributed by atoms with E-state index in [0.717, 1.165) is 53.6 Å². The molecular formula is C28H34N6O2. The highest BCUT2D eigenvalue weighted by molar-refractivity contribution is 6.04. The third-order valence-corrected chi connectivity index (χ3v) is 8.41. The lowest BCUT2D eigenvalue weighted by molar-refractivity contribution is 0.0696. The van der Waals surface area contributed by atoms with Gasteiger partial charge >= 0.3 is 0 Å². The molecule has 1 aromatic carbocycles. The summed E-state index contributed by atoms with van der Waals surface area (Å²) in [6, 6.07) is 6.39. The van der Waals surface area contributed by atoms with Crippen LogP contribution in [0.1, 0.15) is 84.2 Å².